The van der Waals surface area contributed by atoms with Crippen molar-refractivity contribution in [1.29, 1.82) is 5.26 Å². The van der Waals surface area contributed by atoms with Gasteiger partial charge in [-0.1, -0.05) is 6.07 Å². The molecule has 23 heavy (non-hydrogen) atoms. The molecule has 0 aromatic heterocycles. The molecule has 6 nitrogen and oxygen atoms in total. The van der Waals surface area contributed by atoms with Gasteiger partial charge in [0, 0.05) is 5.69 Å². The fourth-order valence-electron chi connectivity index (χ4n) is 1.77. The molecule has 8 heteroatoms. The van der Waals surface area contributed by atoms with E-state index >= 15 is 0 Å². The number of nitrogens with one attached hydrogen (secondary N) is 2. The van der Waals surface area contributed by atoms with Crippen LogP contribution in [0.2, 0.25) is 0 Å². The first kappa shape index (κ1) is 16.5. The number of amides is 1. The summed E-state index contributed by atoms with van der Waals surface area (Å²) >= 11 is 0. The largest absolute Gasteiger partial charge is 0.325 e. The minimum Gasteiger partial charge on any atom is -0.325 e. The number of nitrogens with zero attached hydrogens (tertiary/aromatic N) is 1. The number of hydrogen-bond acceptors (Lipinski definition) is 4. The SMILES string of the molecule is N#CCC(=O)Nc1cccc(NS(=O)(=O)c2ccc(F)cc2)c1. The second kappa shape index (κ2) is 6.89. The Morgan fingerprint density at radius 3 is 2.43 bits per heavy atom. The Kier molecular flexibility index (Phi) is 4.93. The zero-order valence-electron chi connectivity index (χ0n) is 11.8. The molecule has 0 radical (unpaired) electrons. The van der Waals surface area contributed by atoms with Gasteiger partial charge in [0.05, 0.1) is 16.7 Å². The molecule has 118 valence electrons. The van der Waals surface area contributed by atoms with Crippen LogP contribution in [0.25, 0.3) is 0 Å². The lowest BCUT2D eigenvalue weighted by Crippen LogP contribution is -2.14. The highest BCUT2D eigenvalue weighted by Gasteiger charge is 2.14. The van der Waals surface area contributed by atoms with Crippen molar-refractivity contribution in [2.24, 2.45) is 0 Å². The van der Waals surface area contributed by atoms with E-state index in [-0.39, 0.29) is 17.0 Å². The molecule has 0 aliphatic heterocycles. The van der Waals surface area contributed by atoms with Crippen LogP contribution in [-0.2, 0) is 14.8 Å². The molecule has 2 aromatic carbocycles. The van der Waals surface area contributed by atoms with E-state index in [1.165, 1.54) is 12.1 Å². The third kappa shape index (κ3) is 4.52. The maximum Gasteiger partial charge on any atom is 0.261 e. The summed E-state index contributed by atoms with van der Waals surface area (Å²) in [6.07, 6.45) is -0.300. The van der Waals surface area contributed by atoms with Crippen molar-refractivity contribution in [3.63, 3.8) is 0 Å². The van der Waals surface area contributed by atoms with Gasteiger partial charge in [0.25, 0.3) is 10.0 Å². The summed E-state index contributed by atoms with van der Waals surface area (Å²) in [6.45, 7) is 0. The Morgan fingerprint density at radius 2 is 1.78 bits per heavy atom. The van der Waals surface area contributed by atoms with Gasteiger partial charge < -0.3 is 5.32 Å². The topological polar surface area (TPSA) is 99.1 Å². The fraction of sp³-hybridized carbons (Fsp3) is 0.0667. The molecular weight excluding hydrogens is 321 g/mol. The maximum atomic E-state index is 12.9. The van der Waals surface area contributed by atoms with Crippen LogP contribution >= 0.6 is 0 Å². The van der Waals surface area contributed by atoms with Crippen molar-refractivity contribution in [1.82, 2.24) is 0 Å². The number of hydrogen-bond donors (Lipinski definition) is 2. The highest BCUT2D eigenvalue weighted by Crippen LogP contribution is 2.20. The van der Waals surface area contributed by atoms with E-state index in [1.54, 1.807) is 18.2 Å². The van der Waals surface area contributed by atoms with Crippen molar-refractivity contribution in [2.45, 2.75) is 11.3 Å². The van der Waals surface area contributed by atoms with E-state index in [0.717, 1.165) is 24.3 Å². The number of benzene rings is 2. The number of nitriles is 1. The number of sulfonamides is 1. The summed E-state index contributed by atoms with van der Waals surface area (Å²) in [5.41, 5.74) is 0.577. The van der Waals surface area contributed by atoms with E-state index in [2.05, 4.69) is 10.0 Å². The predicted molar refractivity (Wildman–Crippen MR) is 82.5 cm³/mol. The number of carbonyl (C=O) groups is 1. The van der Waals surface area contributed by atoms with Gasteiger partial charge in [-0.15, -0.1) is 0 Å². The molecule has 0 saturated heterocycles. The second-order valence-electron chi connectivity index (χ2n) is 4.52. The Labute approximate surface area is 132 Å². The Balaban J connectivity index is 2.18. The monoisotopic (exact) mass is 333 g/mol. The van der Waals surface area contributed by atoms with E-state index in [9.17, 15) is 17.6 Å². The van der Waals surface area contributed by atoms with Gasteiger partial charge in [-0.2, -0.15) is 5.26 Å². The van der Waals surface area contributed by atoms with E-state index in [4.69, 9.17) is 5.26 Å². The molecule has 0 atom stereocenters. The molecule has 0 aliphatic carbocycles. The summed E-state index contributed by atoms with van der Waals surface area (Å²) in [6, 6.07) is 12.1. The van der Waals surface area contributed by atoms with Crippen LogP contribution in [0.3, 0.4) is 0 Å². The van der Waals surface area contributed by atoms with Crippen LogP contribution < -0.4 is 10.0 Å². The highest BCUT2D eigenvalue weighted by molar-refractivity contribution is 7.92. The average Bonchev–Trinajstić information content (AvgIpc) is 2.47. The number of halogens is 1. The van der Waals surface area contributed by atoms with Gasteiger partial charge >= 0.3 is 0 Å². The first-order chi connectivity index (χ1) is 10.9. The Morgan fingerprint density at radius 1 is 1.13 bits per heavy atom. The minimum absolute atomic E-state index is 0.0854. The van der Waals surface area contributed by atoms with E-state index < -0.39 is 21.7 Å². The van der Waals surface area contributed by atoms with Crippen LogP contribution in [0.1, 0.15) is 6.42 Å². The van der Waals surface area contributed by atoms with Crippen molar-refractivity contribution in [3.05, 3.63) is 54.3 Å². The van der Waals surface area contributed by atoms with Crippen molar-refractivity contribution in [2.75, 3.05) is 10.0 Å². The summed E-state index contributed by atoms with van der Waals surface area (Å²) in [7, 11) is -3.87. The normalized spacial score (nSPS) is 10.6. The minimum atomic E-state index is -3.87. The van der Waals surface area contributed by atoms with E-state index in [1.807, 2.05) is 0 Å². The van der Waals surface area contributed by atoms with Gasteiger partial charge in [-0.3, -0.25) is 9.52 Å². The summed E-state index contributed by atoms with van der Waals surface area (Å²) < 4.78 is 39.6. The van der Waals surface area contributed by atoms with Crippen LogP contribution in [0.5, 0.6) is 0 Å². The van der Waals surface area contributed by atoms with Crippen molar-refractivity contribution >= 4 is 27.3 Å². The average molecular weight is 333 g/mol. The lowest BCUT2D eigenvalue weighted by Gasteiger charge is -2.10. The van der Waals surface area contributed by atoms with E-state index in [0.29, 0.717) is 5.69 Å². The summed E-state index contributed by atoms with van der Waals surface area (Å²) in [4.78, 5) is 11.3. The van der Waals surface area contributed by atoms with Gasteiger partial charge in [0.15, 0.2) is 0 Å². The molecule has 0 unspecified atom stereocenters. The van der Waals surface area contributed by atoms with Gasteiger partial charge in [0.1, 0.15) is 12.2 Å². The molecule has 2 rings (SSSR count). The molecule has 0 aliphatic rings. The second-order valence-corrected chi connectivity index (χ2v) is 6.21. The fourth-order valence-corrected chi connectivity index (χ4v) is 2.81. The molecule has 1 amide bonds. The summed E-state index contributed by atoms with van der Waals surface area (Å²) in [5.74, 6) is -1.03. The number of anilines is 2. The zero-order chi connectivity index (χ0) is 16.9. The standard InChI is InChI=1S/C15H12FN3O3S/c16-11-4-6-14(7-5-11)23(21,22)19-13-3-1-2-12(10-13)18-15(20)8-9-17/h1-7,10,19H,8H2,(H,18,20). The van der Waals surface area contributed by atoms with Crippen LogP contribution in [0.15, 0.2) is 53.4 Å². The Hall–Kier alpha value is -2.92. The quantitative estimate of drug-likeness (QED) is 0.878. The molecule has 2 aromatic rings. The number of rotatable bonds is 5. The number of carbonyl (C=O) groups excluding carboxylic acids is 1. The lowest BCUT2D eigenvalue weighted by molar-refractivity contribution is -0.115. The van der Waals surface area contributed by atoms with Crippen LogP contribution in [-0.4, -0.2) is 14.3 Å². The van der Waals surface area contributed by atoms with Gasteiger partial charge in [0.2, 0.25) is 5.91 Å². The first-order valence-electron chi connectivity index (χ1n) is 6.46. The molecule has 0 heterocycles. The molecule has 0 bridgehead atoms. The zero-order valence-corrected chi connectivity index (χ0v) is 12.6. The van der Waals surface area contributed by atoms with Crippen LogP contribution in [0, 0.1) is 17.1 Å². The molecule has 0 spiro atoms. The molecule has 0 saturated carbocycles. The van der Waals surface area contributed by atoms with Crippen molar-refractivity contribution in [3.8, 4) is 6.07 Å². The van der Waals surface area contributed by atoms with Gasteiger partial charge in [-0.05, 0) is 42.5 Å². The smallest absolute Gasteiger partial charge is 0.261 e. The highest BCUT2D eigenvalue weighted by atomic mass is 32.2. The molecular formula is C15H12FN3O3S. The lowest BCUT2D eigenvalue weighted by atomic mass is 10.3. The van der Waals surface area contributed by atoms with Crippen LogP contribution in [0.4, 0.5) is 15.8 Å². The van der Waals surface area contributed by atoms with Gasteiger partial charge in [-0.25, -0.2) is 12.8 Å². The third-order valence-electron chi connectivity index (χ3n) is 2.76. The van der Waals surface area contributed by atoms with Crippen molar-refractivity contribution < 1.29 is 17.6 Å². The third-order valence-corrected chi connectivity index (χ3v) is 4.16. The maximum absolute atomic E-state index is 12.9. The molecule has 0 fully saturated rings. The Bertz CT molecular complexity index is 858. The first-order valence-corrected chi connectivity index (χ1v) is 7.94. The predicted octanol–water partition coefficient (Wildman–Crippen LogP) is 2.48. The summed E-state index contributed by atoms with van der Waals surface area (Å²) in [5, 5.41) is 10.9. The molecule has 2 N–H and O–H groups in total.